The maximum atomic E-state index is 13.0. The summed E-state index contributed by atoms with van der Waals surface area (Å²) in [6.07, 6.45) is 1.10. The van der Waals surface area contributed by atoms with Gasteiger partial charge in [-0.2, -0.15) is 0 Å². The number of nitrogens with one attached hydrogen (secondary N) is 1. The predicted octanol–water partition coefficient (Wildman–Crippen LogP) is 3.36. The number of urea groups is 1. The van der Waals surface area contributed by atoms with Crippen molar-refractivity contribution in [2.75, 3.05) is 6.26 Å². The van der Waals surface area contributed by atoms with E-state index >= 15 is 0 Å². The summed E-state index contributed by atoms with van der Waals surface area (Å²) in [5.41, 5.74) is -0.372. The molecule has 0 spiro atoms. The van der Waals surface area contributed by atoms with Crippen molar-refractivity contribution in [1.29, 1.82) is 0 Å². The lowest BCUT2D eigenvalue weighted by Crippen LogP contribution is -2.40. The first kappa shape index (κ1) is 19.7. The SMILES string of the molecule is CC1(c2ccc(S(C)(=O)=O)cc2)NC(=O)N(Cc2c(Cl)cccc2Cl)C1=O. The van der Waals surface area contributed by atoms with Gasteiger partial charge < -0.3 is 5.32 Å². The quantitative estimate of drug-likeness (QED) is 0.759. The van der Waals surface area contributed by atoms with E-state index in [9.17, 15) is 18.0 Å². The second kappa shape index (κ2) is 6.82. The summed E-state index contributed by atoms with van der Waals surface area (Å²) in [6, 6.07) is 10.2. The first-order valence-corrected chi connectivity index (χ1v) is 10.6. The Bertz CT molecular complexity index is 1020. The molecule has 0 aromatic heterocycles. The first-order valence-electron chi connectivity index (χ1n) is 7.91. The molecule has 0 radical (unpaired) electrons. The van der Waals surface area contributed by atoms with Crippen LogP contribution in [0.2, 0.25) is 10.0 Å². The van der Waals surface area contributed by atoms with Gasteiger partial charge in [0.2, 0.25) is 0 Å². The minimum absolute atomic E-state index is 0.0693. The Kier molecular flexibility index (Phi) is 4.96. The molecule has 1 heterocycles. The number of imide groups is 1. The number of benzene rings is 2. The van der Waals surface area contributed by atoms with Crippen LogP contribution < -0.4 is 5.32 Å². The second-order valence-corrected chi connectivity index (χ2v) is 9.27. The van der Waals surface area contributed by atoms with Crippen LogP contribution in [-0.2, 0) is 26.7 Å². The van der Waals surface area contributed by atoms with Gasteiger partial charge in [0.1, 0.15) is 5.54 Å². The number of hydrogen-bond donors (Lipinski definition) is 1. The van der Waals surface area contributed by atoms with Crippen molar-refractivity contribution in [3.05, 3.63) is 63.6 Å². The van der Waals surface area contributed by atoms with Crippen LogP contribution in [0.5, 0.6) is 0 Å². The minimum atomic E-state index is -3.36. The van der Waals surface area contributed by atoms with E-state index in [-0.39, 0.29) is 11.4 Å². The topological polar surface area (TPSA) is 83.6 Å². The lowest BCUT2D eigenvalue weighted by molar-refractivity contribution is -0.131. The van der Waals surface area contributed by atoms with Crippen LogP contribution in [0, 0.1) is 0 Å². The van der Waals surface area contributed by atoms with Crippen LogP contribution >= 0.6 is 23.2 Å². The highest BCUT2D eigenvalue weighted by molar-refractivity contribution is 7.90. The molecule has 142 valence electrons. The van der Waals surface area contributed by atoms with Crippen molar-refractivity contribution in [2.45, 2.75) is 23.9 Å². The van der Waals surface area contributed by atoms with Gasteiger partial charge in [0.15, 0.2) is 9.84 Å². The molecule has 0 aliphatic carbocycles. The molecular weight excluding hydrogens is 411 g/mol. The van der Waals surface area contributed by atoms with Gasteiger partial charge in [0, 0.05) is 21.9 Å². The van der Waals surface area contributed by atoms with Gasteiger partial charge >= 0.3 is 6.03 Å². The van der Waals surface area contributed by atoms with Crippen LogP contribution in [0.1, 0.15) is 18.1 Å². The third-order valence-electron chi connectivity index (χ3n) is 4.51. The molecule has 2 aromatic carbocycles. The summed E-state index contributed by atoms with van der Waals surface area (Å²) < 4.78 is 23.2. The maximum Gasteiger partial charge on any atom is 0.325 e. The number of carbonyl (C=O) groups is 2. The Hall–Kier alpha value is -2.09. The van der Waals surface area contributed by atoms with Gasteiger partial charge in [0.05, 0.1) is 11.4 Å². The fourth-order valence-electron chi connectivity index (χ4n) is 2.91. The first-order chi connectivity index (χ1) is 12.5. The summed E-state index contributed by atoms with van der Waals surface area (Å²) in [6.45, 7) is 1.50. The summed E-state index contributed by atoms with van der Waals surface area (Å²) >= 11 is 12.3. The maximum absolute atomic E-state index is 13.0. The average Bonchev–Trinajstić information content (AvgIpc) is 2.81. The third-order valence-corrected chi connectivity index (χ3v) is 6.35. The number of nitrogens with zero attached hydrogens (tertiary/aromatic N) is 1. The number of rotatable bonds is 4. The molecule has 6 nitrogen and oxygen atoms in total. The monoisotopic (exact) mass is 426 g/mol. The molecule has 2 aromatic rings. The molecule has 1 unspecified atom stereocenters. The molecule has 0 bridgehead atoms. The van der Waals surface area contributed by atoms with Gasteiger partial charge in [-0.15, -0.1) is 0 Å². The van der Waals surface area contributed by atoms with E-state index in [0.29, 0.717) is 21.2 Å². The van der Waals surface area contributed by atoms with E-state index < -0.39 is 27.3 Å². The molecule has 1 aliphatic heterocycles. The Labute approximate surface area is 167 Å². The van der Waals surface area contributed by atoms with Gasteiger partial charge in [-0.3, -0.25) is 9.69 Å². The zero-order chi connectivity index (χ0) is 20.0. The molecule has 1 aliphatic rings. The van der Waals surface area contributed by atoms with Crippen molar-refractivity contribution in [3.8, 4) is 0 Å². The Morgan fingerprint density at radius 3 is 2.11 bits per heavy atom. The molecule has 27 heavy (non-hydrogen) atoms. The van der Waals surface area contributed by atoms with Gasteiger partial charge in [-0.05, 0) is 36.8 Å². The van der Waals surface area contributed by atoms with Crippen LogP contribution in [0.25, 0.3) is 0 Å². The average molecular weight is 427 g/mol. The molecule has 3 amide bonds. The lowest BCUT2D eigenvalue weighted by Gasteiger charge is -2.22. The van der Waals surface area contributed by atoms with Crippen molar-refractivity contribution < 1.29 is 18.0 Å². The van der Waals surface area contributed by atoms with E-state index in [0.717, 1.165) is 11.2 Å². The van der Waals surface area contributed by atoms with Crippen LogP contribution in [0.15, 0.2) is 47.4 Å². The molecule has 1 saturated heterocycles. The van der Waals surface area contributed by atoms with Gasteiger partial charge in [0.25, 0.3) is 5.91 Å². The predicted molar refractivity (Wildman–Crippen MR) is 102 cm³/mol. The number of halogens is 2. The van der Waals surface area contributed by atoms with E-state index in [1.807, 2.05) is 0 Å². The van der Waals surface area contributed by atoms with Crippen molar-refractivity contribution >= 4 is 45.0 Å². The van der Waals surface area contributed by atoms with Crippen LogP contribution in [-0.4, -0.2) is 31.5 Å². The van der Waals surface area contributed by atoms with E-state index in [1.165, 1.54) is 24.3 Å². The zero-order valence-corrected chi connectivity index (χ0v) is 16.8. The summed E-state index contributed by atoms with van der Waals surface area (Å²) in [5, 5.41) is 3.38. The lowest BCUT2D eigenvalue weighted by atomic mass is 9.92. The largest absolute Gasteiger partial charge is 0.325 e. The third kappa shape index (κ3) is 3.54. The highest BCUT2D eigenvalue weighted by Crippen LogP contribution is 2.33. The normalized spacial score (nSPS) is 20.1. The van der Waals surface area contributed by atoms with E-state index in [2.05, 4.69) is 5.32 Å². The van der Waals surface area contributed by atoms with Crippen molar-refractivity contribution in [2.24, 2.45) is 0 Å². The fourth-order valence-corrected chi connectivity index (χ4v) is 4.06. The standard InChI is InChI=1S/C18H16Cl2N2O4S/c1-18(11-6-8-12(9-7-11)27(2,25)26)16(23)22(17(24)21-18)10-13-14(19)4-3-5-15(13)20/h3-9H,10H2,1-2H3,(H,21,24). The van der Waals surface area contributed by atoms with E-state index in [1.54, 1.807) is 25.1 Å². The number of carbonyl (C=O) groups excluding carboxylic acids is 2. The number of amides is 3. The molecule has 1 N–H and O–H groups in total. The number of hydrogen-bond acceptors (Lipinski definition) is 4. The molecule has 9 heteroatoms. The molecule has 1 atom stereocenters. The second-order valence-electron chi connectivity index (χ2n) is 6.44. The number of sulfone groups is 1. The molecule has 1 fully saturated rings. The van der Waals surface area contributed by atoms with Crippen LogP contribution in [0.4, 0.5) is 4.79 Å². The Balaban J connectivity index is 1.93. The van der Waals surface area contributed by atoms with E-state index in [4.69, 9.17) is 23.2 Å². The van der Waals surface area contributed by atoms with Gasteiger partial charge in [-0.25, -0.2) is 13.2 Å². The molecule has 0 saturated carbocycles. The highest BCUT2D eigenvalue weighted by Gasteiger charge is 2.49. The fraction of sp³-hybridized carbons (Fsp3) is 0.222. The van der Waals surface area contributed by atoms with Crippen molar-refractivity contribution in [1.82, 2.24) is 10.2 Å². The van der Waals surface area contributed by atoms with Crippen molar-refractivity contribution in [3.63, 3.8) is 0 Å². The summed E-state index contributed by atoms with van der Waals surface area (Å²) in [4.78, 5) is 26.6. The minimum Gasteiger partial charge on any atom is -0.319 e. The molecular formula is C18H16Cl2N2O4S. The highest BCUT2D eigenvalue weighted by atomic mass is 35.5. The Morgan fingerprint density at radius 2 is 1.59 bits per heavy atom. The molecule has 3 rings (SSSR count). The summed E-state index contributed by atoms with van der Waals surface area (Å²) in [5.74, 6) is -0.476. The zero-order valence-electron chi connectivity index (χ0n) is 14.5. The van der Waals surface area contributed by atoms with Crippen LogP contribution in [0.3, 0.4) is 0 Å². The van der Waals surface area contributed by atoms with Gasteiger partial charge in [-0.1, -0.05) is 41.4 Å². The smallest absolute Gasteiger partial charge is 0.319 e. The Morgan fingerprint density at radius 1 is 1.04 bits per heavy atom. The summed E-state index contributed by atoms with van der Waals surface area (Å²) in [7, 11) is -3.36.